The van der Waals surface area contributed by atoms with E-state index >= 15 is 0 Å². The summed E-state index contributed by atoms with van der Waals surface area (Å²) >= 11 is 5.41. The van der Waals surface area contributed by atoms with Crippen molar-refractivity contribution in [2.75, 3.05) is 0 Å². The first-order valence-electron chi connectivity index (χ1n) is 2.70. The van der Waals surface area contributed by atoms with Crippen molar-refractivity contribution in [3.8, 4) is 0 Å². The fourth-order valence-corrected chi connectivity index (χ4v) is 0.814. The predicted molar refractivity (Wildman–Crippen MR) is 39.3 cm³/mol. The van der Waals surface area contributed by atoms with Crippen molar-refractivity contribution in [3.63, 3.8) is 0 Å². The van der Waals surface area contributed by atoms with Crippen LogP contribution in [0.2, 0.25) is 5.02 Å². The molecule has 0 atom stereocenters. The molecule has 1 aromatic rings. The van der Waals surface area contributed by atoms with E-state index in [1.165, 1.54) is 12.1 Å². The van der Waals surface area contributed by atoms with Gasteiger partial charge in [0.2, 0.25) is 0 Å². The zero-order valence-corrected chi connectivity index (χ0v) is 5.82. The fraction of sp³-hybridized carbons (Fsp3) is 0. The Balaban J connectivity index is 3.27. The molecule has 1 nitrogen and oxygen atoms in total. The molecule has 0 heterocycles. The molecule has 0 spiro atoms. The maximum absolute atomic E-state index is 12.7. The van der Waals surface area contributed by atoms with E-state index < -0.39 is 5.82 Å². The Kier molecular flexibility index (Phi) is 2.02. The van der Waals surface area contributed by atoms with Gasteiger partial charge in [0.1, 0.15) is 0 Å². The Hall–Kier alpha value is -0.890. The second-order valence-corrected chi connectivity index (χ2v) is 2.19. The lowest BCUT2D eigenvalue weighted by atomic mass is 10.2. The van der Waals surface area contributed by atoms with E-state index in [2.05, 4.69) is 0 Å². The Morgan fingerprint density at radius 3 is 2.70 bits per heavy atom. The minimum Gasteiger partial charge on any atom is -0.308 e. The lowest BCUT2D eigenvalue weighted by molar-refractivity contribution is 0.626. The minimum absolute atomic E-state index is 0.0565. The highest BCUT2D eigenvalue weighted by Crippen LogP contribution is 2.15. The molecular weight excluding hydrogens is 153 g/mol. The molecule has 3 heteroatoms. The van der Waals surface area contributed by atoms with Crippen LogP contribution in [0.1, 0.15) is 5.56 Å². The van der Waals surface area contributed by atoms with Crippen molar-refractivity contribution in [2.45, 2.75) is 0 Å². The van der Waals surface area contributed by atoms with Crippen molar-refractivity contribution in [3.05, 3.63) is 34.6 Å². The quantitative estimate of drug-likeness (QED) is 0.606. The molecule has 1 rings (SSSR count). The molecule has 1 aromatic carbocycles. The average molecular weight is 158 g/mol. The summed E-state index contributed by atoms with van der Waals surface area (Å²) in [5, 5.41) is 6.81. The van der Waals surface area contributed by atoms with Crippen LogP contribution in [0.5, 0.6) is 0 Å². The lowest BCUT2D eigenvalue weighted by Crippen LogP contribution is -1.86. The van der Waals surface area contributed by atoms with Gasteiger partial charge in [0.15, 0.2) is 5.82 Å². The highest BCUT2D eigenvalue weighted by molar-refractivity contribution is 6.31. The van der Waals surface area contributed by atoms with Crippen LogP contribution in [0.4, 0.5) is 4.39 Å². The monoisotopic (exact) mass is 157 g/mol. The SMILES string of the molecule is N=Cc1cccc(Cl)c1F. The molecule has 0 aliphatic heterocycles. The van der Waals surface area contributed by atoms with Crippen molar-refractivity contribution in [1.82, 2.24) is 0 Å². The molecule has 0 amide bonds. The molecular formula is C7H5ClFN. The van der Waals surface area contributed by atoms with Gasteiger partial charge in [-0.1, -0.05) is 23.7 Å². The van der Waals surface area contributed by atoms with Gasteiger partial charge in [-0.2, -0.15) is 0 Å². The molecule has 0 fully saturated rings. The molecule has 0 aliphatic rings. The second-order valence-electron chi connectivity index (χ2n) is 1.79. The Labute approximate surface area is 63.0 Å². The Morgan fingerprint density at radius 2 is 2.20 bits per heavy atom. The highest BCUT2D eigenvalue weighted by Gasteiger charge is 2.01. The van der Waals surface area contributed by atoms with E-state index in [1.807, 2.05) is 0 Å². The first-order chi connectivity index (χ1) is 4.75. The van der Waals surface area contributed by atoms with Crippen LogP contribution >= 0.6 is 11.6 Å². The molecule has 0 aromatic heterocycles. The maximum Gasteiger partial charge on any atom is 0.150 e. The number of halogens is 2. The van der Waals surface area contributed by atoms with Crippen molar-refractivity contribution >= 4 is 17.8 Å². The van der Waals surface area contributed by atoms with E-state index in [1.54, 1.807) is 6.07 Å². The first kappa shape index (κ1) is 7.22. The molecule has 0 saturated heterocycles. The molecule has 52 valence electrons. The van der Waals surface area contributed by atoms with Gasteiger partial charge in [0.25, 0.3) is 0 Å². The van der Waals surface area contributed by atoms with Gasteiger partial charge in [0.05, 0.1) is 5.02 Å². The molecule has 0 aliphatic carbocycles. The zero-order valence-electron chi connectivity index (χ0n) is 5.07. The van der Waals surface area contributed by atoms with Crippen LogP contribution in [-0.2, 0) is 0 Å². The number of benzene rings is 1. The van der Waals surface area contributed by atoms with Crippen LogP contribution in [0.3, 0.4) is 0 Å². The van der Waals surface area contributed by atoms with Gasteiger partial charge >= 0.3 is 0 Å². The van der Waals surface area contributed by atoms with Crippen molar-refractivity contribution < 1.29 is 4.39 Å². The number of rotatable bonds is 1. The summed E-state index contributed by atoms with van der Waals surface area (Å²) in [6, 6.07) is 4.55. The smallest absolute Gasteiger partial charge is 0.150 e. The van der Waals surface area contributed by atoms with Gasteiger partial charge in [0, 0.05) is 11.8 Å². The molecule has 0 saturated carbocycles. The van der Waals surface area contributed by atoms with E-state index in [4.69, 9.17) is 17.0 Å². The summed E-state index contributed by atoms with van der Waals surface area (Å²) in [4.78, 5) is 0. The highest BCUT2D eigenvalue weighted by atomic mass is 35.5. The van der Waals surface area contributed by atoms with Gasteiger partial charge < -0.3 is 5.41 Å². The van der Waals surface area contributed by atoms with Gasteiger partial charge in [-0.3, -0.25) is 0 Å². The topological polar surface area (TPSA) is 23.9 Å². The molecule has 0 unspecified atom stereocenters. The normalized spacial score (nSPS) is 9.40. The van der Waals surface area contributed by atoms with Crippen LogP contribution in [0.15, 0.2) is 18.2 Å². The fourth-order valence-electron chi connectivity index (χ4n) is 0.632. The third kappa shape index (κ3) is 1.16. The maximum atomic E-state index is 12.7. The van der Waals surface area contributed by atoms with E-state index in [0.29, 0.717) is 0 Å². The van der Waals surface area contributed by atoms with Gasteiger partial charge in [-0.15, -0.1) is 0 Å². The average Bonchev–Trinajstić information content (AvgIpc) is 1.95. The van der Waals surface area contributed by atoms with Gasteiger partial charge in [-0.25, -0.2) is 4.39 Å². The van der Waals surface area contributed by atoms with Crippen LogP contribution < -0.4 is 0 Å². The number of hydrogen-bond acceptors (Lipinski definition) is 1. The van der Waals surface area contributed by atoms with Crippen LogP contribution in [-0.4, -0.2) is 6.21 Å². The third-order valence-corrected chi connectivity index (χ3v) is 1.43. The Bertz CT molecular complexity index is 260. The summed E-state index contributed by atoms with van der Waals surface area (Å²) in [5.74, 6) is -0.529. The Morgan fingerprint density at radius 1 is 1.50 bits per heavy atom. The third-order valence-electron chi connectivity index (χ3n) is 1.14. The number of hydrogen-bond donors (Lipinski definition) is 1. The molecule has 10 heavy (non-hydrogen) atoms. The lowest BCUT2D eigenvalue weighted by Gasteiger charge is -1.95. The number of nitrogens with one attached hydrogen (secondary N) is 1. The van der Waals surface area contributed by atoms with Crippen LogP contribution in [0.25, 0.3) is 0 Å². The van der Waals surface area contributed by atoms with Crippen LogP contribution in [0, 0.1) is 11.2 Å². The summed E-state index contributed by atoms with van der Waals surface area (Å²) in [6.07, 6.45) is 0.932. The second kappa shape index (κ2) is 2.80. The zero-order chi connectivity index (χ0) is 7.56. The predicted octanol–water partition coefficient (Wildman–Crippen LogP) is 2.48. The molecule has 0 radical (unpaired) electrons. The largest absolute Gasteiger partial charge is 0.308 e. The first-order valence-corrected chi connectivity index (χ1v) is 3.08. The van der Waals surface area contributed by atoms with Crippen molar-refractivity contribution in [2.24, 2.45) is 0 Å². The minimum atomic E-state index is -0.529. The van der Waals surface area contributed by atoms with E-state index in [0.717, 1.165) is 6.21 Å². The van der Waals surface area contributed by atoms with E-state index in [-0.39, 0.29) is 10.6 Å². The standard InChI is InChI=1S/C7H5ClFN/c8-6-3-1-2-5(4-10)7(6)9/h1-4,10H. The summed E-state index contributed by atoms with van der Waals surface area (Å²) < 4.78 is 12.7. The van der Waals surface area contributed by atoms with Crippen molar-refractivity contribution in [1.29, 1.82) is 5.41 Å². The summed E-state index contributed by atoms with van der Waals surface area (Å²) in [5.41, 5.74) is 0.215. The van der Waals surface area contributed by atoms with E-state index in [9.17, 15) is 4.39 Å². The molecule has 0 bridgehead atoms. The molecule has 1 N–H and O–H groups in total. The summed E-state index contributed by atoms with van der Waals surface area (Å²) in [6.45, 7) is 0. The van der Waals surface area contributed by atoms with Gasteiger partial charge in [-0.05, 0) is 6.07 Å². The summed E-state index contributed by atoms with van der Waals surface area (Å²) in [7, 11) is 0.